The minimum atomic E-state index is -0.669. The SMILES string of the molecule is C[C@@H](O)CNC(=O)c1cnc(Cl)nc1N[C@H]1c2ccccc2C[C@H]1O. The van der Waals surface area contributed by atoms with Crippen LogP contribution in [-0.2, 0) is 6.42 Å². The second-order valence-corrected chi connectivity index (χ2v) is 6.39. The molecule has 0 saturated heterocycles. The molecule has 132 valence electrons. The number of nitrogens with zero attached hydrogens (tertiary/aromatic N) is 2. The van der Waals surface area contributed by atoms with Crippen LogP contribution in [0.25, 0.3) is 0 Å². The molecule has 3 atom stereocenters. The molecule has 0 aliphatic heterocycles. The first kappa shape index (κ1) is 17.6. The van der Waals surface area contributed by atoms with Gasteiger partial charge in [0.15, 0.2) is 0 Å². The second-order valence-electron chi connectivity index (χ2n) is 6.05. The Hall–Kier alpha value is -2.22. The van der Waals surface area contributed by atoms with Gasteiger partial charge in [0.05, 0.1) is 18.2 Å². The molecule has 1 aromatic carbocycles. The fourth-order valence-electron chi connectivity index (χ4n) is 2.87. The van der Waals surface area contributed by atoms with E-state index in [1.54, 1.807) is 6.92 Å². The number of aliphatic hydroxyl groups excluding tert-OH is 2. The number of hydrogen-bond acceptors (Lipinski definition) is 6. The van der Waals surface area contributed by atoms with E-state index in [0.29, 0.717) is 6.42 Å². The van der Waals surface area contributed by atoms with Gasteiger partial charge in [-0.05, 0) is 29.7 Å². The Kier molecular flexibility index (Phi) is 5.17. The maximum Gasteiger partial charge on any atom is 0.256 e. The van der Waals surface area contributed by atoms with Gasteiger partial charge in [0.25, 0.3) is 5.91 Å². The van der Waals surface area contributed by atoms with Gasteiger partial charge >= 0.3 is 0 Å². The molecule has 8 heteroatoms. The fraction of sp³-hybridized carbons (Fsp3) is 0.353. The van der Waals surface area contributed by atoms with Crippen molar-refractivity contribution in [3.8, 4) is 0 Å². The monoisotopic (exact) mass is 362 g/mol. The van der Waals surface area contributed by atoms with Crippen molar-refractivity contribution in [2.75, 3.05) is 11.9 Å². The van der Waals surface area contributed by atoms with Gasteiger partial charge in [0, 0.05) is 19.2 Å². The summed E-state index contributed by atoms with van der Waals surface area (Å²) >= 11 is 5.87. The number of hydrogen-bond donors (Lipinski definition) is 4. The van der Waals surface area contributed by atoms with E-state index in [4.69, 9.17) is 11.6 Å². The third-order valence-electron chi connectivity index (χ3n) is 4.06. The summed E-state index contributed by atoms with van der Waals surface area (Å²) in [5, 5.41) is 25.4. The minimum absolute atomic E-state index is 0.00431. The van der Waals surface area contributed by atoms with Crippen LogP contribution in [0.4, 0.5) is 5.82 Å². The lowest BCUT2D eigenvalue weighted by molar-refractivity contribution is 0.0923. The summed E-state index contributed by atoms with van der Waals surface area (Å²) < 4.78 is 0. The average Bonchev–Trinajstić information content (AvgIpc) is 2.89. The van der Waals surface area contributed by atoms with E-state index in [1.165, 1.54) is 6.20 Å². The number of fused-ring (bicyclic) bond motifs is 1. The predicted octanol–water partition coefficient (Wildman–Crippen LogP) is 1.31. The van der Waals surface area contributed by atoms with E-state index in [9.17, 15) is 15.0 Å². The van der Waals surface area contributed by atoms with Gasteiger partial charge in [-0.1, -0.05) is 24.3 Å². The highest BCUT2D eigenvalue weighted by atomic mass is 35.5. The third-order valence-corrected chi connectivity index (χ3v) is 4.24. The van der Waals surface area contributed by atoms with Crippen molar-refractivity contribution in [2.45, 2.75) is 31.6 Å². The van der Waals surface area contributed by atoms with Crippen LogP contribution in [0.1, 0.15) is 34.5 Å². The number of benzene rings is 1. The smallest absolute Gasteiger partial charge is 0.256 e. The Morgan fingerprint density at radius 2 is 2.20 bits per heavy atom. The molecule has 1 aliphatic rings. The molecule has 3 rings (SSSR count). The lowest BCUT2D eigenvalue weighted by Crippen LogP contribution is -2.32. The lowest BCUT2D eigenvalue weighted by atomic mass is 10.1. The molecule has 0 spiro atoms. The van der Waals surface area contributed by atoms with Crippen LogP contribution in [0, 0.1) is 0 Å². The molecule has 0 saturated carbocycles. The van der Waals surface area contributed by atoms with Crippen LogP contribution in [0.5, 0.6) is 0 Å². The van der Waals surface area contributed by atoms with E-state index in [1.807, 2.05) is 24.3 Å². The number of carbonyl (C=O) groups excluding carboxylic acids is 1. The number of anilines is 1. The number of aromatic nitrogens is 2. The summed E-state index contributed by atoms with van der Waals surface area (Å²) in [7, 11) is 0. The predicted molar refractivity (Wildman–Crippen MR) is 93.6 cm³/mol. The molecule has 25 heavy (non-hydrogen) atoms. The topological polar surface area (TPSA) is 107 Å². The molecule has 1 heterocycles. The van der Waals surface area contributed by atoms with E-state index in [0.717, 1.165) is 11.1 Å². The van der Waals surface area contributed by atoms with Crippen LogP contribution < -0.4 is 10.6 Å². The molecule has 1 aliphatic carbocycles. The van der Waals surface area contributed by atoms with Crippen molar-refractivity contribution in [1.29, 1.82) is 0 Å². The van der Waals surface area contributed by atoms with Gasteiger partial charge in [0.2, 0.25) is 5.28 Å². The Morgan fingerprint density at radius 3 is 2.96 bits per heavy atom. The van der Waals surface area contributed by atoms with Crippen molar-refractivity contribution in [3.63, 3.8) is 0 Å². The quantitative estimate of drug-likeness (QED) is 0.597. The molecule has 0 unspecified atom stereocenters. The summed E-state index contributed by atoms with van der Waals surface area (Å²) in [5.41, 5.74) is 2.20. The van der Waals surface area contributed by atoms with Crippen molar-refractivity contribution >= 4 is 23.3 Å². The van der Waals surface area contributed by atoms with Gasteiger partial charge in [-0.2, -0.15) is 4.98 Å². The van der Waals surface area contributed by atoms with Crippen LogP contribution in [0.2, 0.25) is 5.28 Å². The number of carbonyl (C=O) groups is 1. The molecule has 0 radical (unpaired) electrons. The Bertz CT molecular complexity index is 784. The first-order valence-electron chi connectivity index (χ1n) is 7.97. The van der Waals surface area contributed by atoms with Crippen molar-refractivity contribution in [1.82, 2.24) is 15.3 Å². The maximum atomic E-state index is 12.3. The van der Waals surface area contributed by atoms with Gasteiger partial charge < -0.3 is 20.8 Å². The molecule has 4 N–H and O–H groups in total. The number of aliphatic hydroxyl groups is 2. The van der Waals surface area contributed by atoms with Gasteiger partial charge in [0.1, 0.15) is 11.4 Å². The Labute approximate surface area is 150 Å². The summed E-state index contributed by atoms with van der Waals surface area (Å²) in [6, 6.07) is 7.31. The number of halogens is 1. The molecule has 1 aromatic heterocycles. The van der Waals surface area contributed by atoms with Crippen LogP contribution >= 0.6 is 11.6 Å². The maximum absolute atomic E-state index is 12.3. The molecule has 0 bridgehead atoms. The molecular weight excluding hydrogens is 344 g/mol. The summed E-state index contributed by atoms with van der Waals surface area (Å²) in [6.07, 6.45) is 0.537. The highest BCUT2D eigenvalue weighted by Crippen LogP contribution is 2.34. The largest absolute Gasteiger partial charge is 0.392 e. The van der Waals surface area contributed by atoms with Gasteiger partial charge in [-0.25, -0.2) is 4.98 Å². The van der Waals surface area contributed by atoms with E-state index < -0.39 is 24.2 Å². The van der Waals surface area contributed by atoms with Crippen molar-refractivity contribution in [2.24, 2.45) is 0 Å². The summed E-state index contributed by atoms with van der Waals surface area (Å²) in [5.74, 6) is -0.190. The van der Waals surface area contributed by atoms with Crippen LogP contribution in [0.3, 0.4) is 0 Å². The Morgan fingerprint density at radius 1 is 1.44 bits per heavy atom. The molecule has 7 nitrogen and oxygen atoms in total. The highest BCUT2D eigenvalue weighted by molar-refractivity contribution is 6.28. The zero-order valence-electron chi connectivity index (χ0n) is 13.6. The van der Waals surface area contributed by atoms with Crippen molar-refractivity contribution in [3.05, 3.63) is 52.4 Å². The minimum Gasteiger partial charge on any atom is -0.392 e. The lowest BCUT2D eigenvalue weighted by Gasteiger charge is -2.20. The zero-order chi connectivity index (χ0) is 18.0. The average molecular weight is 363 g/mol. The van der Waals surface area contributed by atoms with Gasteiger partial charge in [-0.3, -0.25) is 4.79 Å². The fourth-order valence-corrected chi connectivity index (χ4v) is 3.00. The molecule has 2 aromatic rings. The summed E-state index contributed by atoms with van der Waals surface area (Å²) in [4.78, 5) is 20.3. The first-order chi connectivity index (χ1) is 12.0. The zero-order valence-corrected chi connectivity index (χ0v) is 14.4. The molecule has 1 amide bonds. The molecular formula is C17H19ClN4O3. The number of rotatable bonds is 5. The highest BCUT2D eigenvalue weighted by Gasteiger charge is 2.32. The molecule has 0 fully saturated rings. The van der Waals surface area contributed by atoms with E-state index in [-0.39, 0.29) is 23.2 Å². The third kappa shape index (κ3) is 3.89. The van der Waals surface area contributed by atoms with E-state index in [2.05, 4.69) is 20.6 Å². The van der Waals surface area contributed by atoms with Crippen molar-refractivity contribution < 1.29 is 15.0 Å². The first-order valence-corrected chi connectivity index (χ1v) is 8.34. The van der Waals surface area contributed by atoms with E-state index >= 15 is 0 Å². The normalized spacial score (nSPS) is 20.0. The Balaban J connectivity index is 1.87. The van der Waals surface area contributed by atoms with Gasteiger partial charge in [-0.15, -0.1) is 0 Å². The van der Waals surface area contributed by atoms with Crippen LogP contribution in [-0.4, -0.2) is 44.8 Å². The number of nitrogens with one attached hydrogen (secondary N) is 2. The number of amides is 1. The van der Waals surface area contributed by atoms with Crippen LogP contribution in [0.15, 0.2) is 30.5 Å². The second kappa shape index (κ2) is 7.35. The standard InChI is InChI=1S/C17H19ClN4O3/c1-9(23)7-19-16(25)12-8-20-17(18)22-15(12)21-14-11-5-3-2-4-10(11)6-13(14)24/h2-5,8-9,13-14,23-24H,6-7H2,1H3,(H,19,25)(H,20,21,22)/t9-,13-,14+/m1/s1. The summed E-state index contributed by atoms with van der Waals surface area (Å²) in [6.45, 7) is 1.68.